The van der Waals surface area contributed by atoms with E-state index >= 15 is 0 Å². The van der Waals surface area contributed by atoms with E-state index in [0.29, 0.717) is 42.3 Å². The summed E-state index contributed by atoms with van der Waals surface area (Å²) in [5.74, 6) is -0.106. The van der Waals surface area contributed by atoms with Crippen LogP contribution in [0.3, 0.4) is 0 Å². The van der Waals surface area contributed by atoms with E-state index in [-0.39, 0.29) is 11.8 Å². The van der Waals surface area contributed by atoms with Crippen LogP contribution >= 0.6 is 0 Å². The molecule has 0 radical (unpaired) electrons. The van der Waals surface area contributed by atoms with Crippen molar-refractivity contribution in [2.45, 2.75) is 13.5 Å². The number of sulfonamides is 1. The standard InChI is InChI=1S/C29H33N5O4S/c1-20(35)30-19-21-9-11-22(12-10-21)28(27-25-7-5-6-8-26(25)32-29(27)36)31-23-13-15-24(16-14-23)34(39(4,37)38)18-17-33(2)3/h5-16,32,36H,17-19H2,1-4H3,(H,30,35). The summed E-state index contributed by atoms with van der Waals surface area (Å²) in [4.78, 5) is 21.2. The number of likely N-dealkylation sites (N-methyl/N-ethyl adjacent to an activating group) is 1. The lowest BCUT2D eigenvalue weighted by molar-refractivity contribution is -0.119. The zero-order chi connectivity index (χ0) is 28.2. The van der Waals surface area contributed by atoms with Crippen molar-refractivity contribution in [2.24, 2.45) is 4.99 Å². The predicted molar refractivity (Wildman–Crippen MR) is 156 cm³/mol. The molecule has 39 heavy (non-hydrogen) atoms. The Morgan fingerprint density at radius 3 is 2.26 bits per heavy atom. The fraction of sp³-hybridized carbons (Fsp3) is 0.241. The van der Waals surface area contributed by atoms with Crippen LogP contribution in [-0.4, -0.2) is 68.5 Å². The molecule has 0 unspecified atom stereocenters. The molecule has 4 aromatic rings. The summed E-state index contributed by atoms with van der Waals surface area (Å²) in [6.45, 7) is 2.79. The Labute approximate surface area is 228 Å². The molecule has 204 valence electrons. The van der Waals surface area contributed by atoms with E-state index in [9.17, 15) is 18.3 Å². The van der Waals surface area contributed by atoms with Gasteiger partial charge in [-0.15, -0.1) is 0 Å². The normalized spacial score (nSPS) is 12.2. The fourth-order valence-corrected chi connectivity index (χ4v) is 5.16. The Morgan fingerprint density at radius 1 is 0.974 bits per heavy atom. The van der Waals surface area contributed by atoms with Gasteiger partial charge in [0.05, 0.1) is 28.9 Å². The number of fused-ring (bicyclic) bond motifs is 1. The third-order valence-electron chi connectivity index (χ3n) is 6.22. The molecule has 0 saturated carbocycles. The minimum Gasteiger partial charge on any atom is -0.494 e. The van der Waals surface area contributed by atoms with Gasteiger partial charge in [-0.25, -0.2) is 13.4 Å². The lowest BCUT2D eigenvalue weighted by Crippen LogP contribution is -2.35. The molecular weight excluding hydrogens is 514 g/mol. The van der Waals surface area contributed by atoms with Crippen molar-refractivity contribution >= 4 is 43.9 Å². The van der Waals surface area contributed by atoms with Gasteiger partial charge in [-0.05, 0) is 50.0 Å². The molecule has 0 aliphatic carbocycles. The van der Waals surface area contributed by atoms with Crippen LogP contribution in [0.15, 0.2) is 77.8 Å². The highest BCUT2D eigenvalue weighted by atomic mass is 32.2. The lowest BCUT2D eigenvalue weighted by atomic mass is 9.99. The number of H-pyrrole nitrogens is 1. The topological polar surface area (TPSA) is 118 Å². The van der Waals surface area contributed by atoms with E-state index in [1.165, 1.54) is 17.5 Å². The maximum absolute atomic E-state index is 12.4. The molecule has 0 aliphatic heterocycles. The molecule has 10 heteroatoms. The number of carbonyl (C=O) groups excluding carboxylic acids is 1. The van der Waals surface area contributed by atoms with Crippen LogP contribution in [-0.2, 0) is 21.4 Å². The smallest absolute Gasteiger partial charge is 0.232 e. The first-order valence-electron chi connectivity index (χ1n) is 12.5. The number of nitrogens with one attached hydrogen (secondary N) is 2. The molecule has 0 spiro atoms. The number of rotatable bonds is 10. The molecule has 0 fully saturated rings. The van der Waals surface area contributed by atoms with Gasteiger partial charge in [0.1, 0.15) is 0 Å². The minimum atomic E-state index is -3.46. The fourth-order valence-electron chi connectivity index (χ4n) is 4.24. The largest absolute Gasteiger partial charge is 0.494 e. The summed E-state index contributed by atoms with van der Waals surface area (Å²) in [7, 11) is 0.325. The van der Waals surface area contributed by atoms with Crippen molar-refractivity contribution in [2.75, 3.05) is 37.7 Å². The van der Waals surface area contributed by atoms with Gasteiger partial charge in [-0.2, -0.15) is 0 Å². The Kier molecular flexibility index (Phi) is 8.37. The summed E-state index contributed by atoms with van der Waals surface area (Å²) in [6.07, 6.45) is 1.20. The van der Waals surface area contributed by atoms with Crippen molar-refractivity contribution < 1.29 is 18.3 Å². The number of amides is 1. The number of benzene rings is 3. The summed E-state index contributed by atoms with van der Waals surface area (Å²) in [5, 5.41) is 14.5. The lowest BCUT2D eigenvalue weighted by Gasteiger charge is -2.24. The van der Waals surface area contributed by atoms with E-state index in [1.54, 1.807) is 24.3 Å². The van der Waals surface area contributed by atoms with E-state index in [4.69, 9.17) is 4.99 Å². The maximum atomic E-state index is 12.4. The second-order valence-electron chi connectivity index (χ2n) is 9.62. The number of carbonyl (C=O) groups is 1. The number of hydrogen-bond donors (Lipinski definition) is 3. The van der Waals surface area contributed by atoms with Gasteiger partial charge in [0.2, 0.25) is 15.9 Å². The zero-order valence-electron chi connectivity index (χ0n) is 22.5. The van der Waals surface area contributed by atoms with Crippen LogP contribution in [0, 0.1) is 0 Å². The van der Waals surface area contributed by atoms with Crippen LogP contribution in [0.1, 0.15) is 23.6 Å². The average molecular weight is 548 g/mol. The first-order valence-corrected chi connectivity index (χ1v) is 14.3. The first kappa shape index (κ1) is 27.9. The van der Waals surface area contributed by atoms with Crippen LogP contribution in [0.25, 0.3) is 10.9 Å². The van der Waals surface area contributed by atoms with Crippen molar-refractivity contribution in [3.63, 3.8) is 0 Å². The Morgan fingerprint density at radius 2 is 1.64 bits per heavy atom. The van der Waals surface area contributed by atoms with Crippen molar-refractivity contribution in [1.29, 1.82) is 0 Å². The maximum Gasteiger partial charge on any atom is 0.232 e. The second kappa shape index (κ2) is 11.7. The SMILES string of the molecule is CC(=O)NCc1ccc(C(=Nc2ccc(N(CCN(C)C)S(C)(=O)=O)cc2)c2c(O)[nH]c3ccccc23)cc1. The number of para-hydroxylation sites is 1. The molecule has 9 nitrogen and oxygen atoms in total. The number of anilines is 1. The summed E-state index contributed by atoms with van der Waals surface area (Å²) < 4.78 is 26.3. The van der Waals surface area contributed by atoms with Crippen molar-refractivity contribution in [3.05, 3.63) is 89.5 Å². The van der Waals surface area contributed by atoms with Crippen molar-refractivity contribution in [3.8, 4) is 5.88 Å². The minimum absolute atomic E-state index is 0.000769. The molecule has 3 N–H and O–H groups in total. The van der Waals surface area contributed by atoms with E-state index in [2.05, 4.69) is 10.3 Å². The average Bonchev–Trinajstić information content (AvgIpc) is 3.22. The highest BCUT2D eigenvalue weighted by molar-refractivity contribution is 7.92. The molecule has 0 aliphatic rings. The Bertz CT molecular complexity index is 1590. The molecule has 3 aromatic carbocycles. The van der Waals surface area contributed by atoms with Gasteiger partial charge >= 0.3 is 0 Å². The third kappa shape index (κ3) is 6.84. The van der Waals surface area contributed by atoms with E-state index < -0.39 is 10.0 Å². The number of aromatic amines is 1. The number of aromatic hydroxyl groups is 1. The number of aliphatic imine (C=N–C) groups is 1. The van der Waals surface area contributed by atoms with Crippen molar-refractivity contribution in [1.82, 2.24) is 15.2 Å². The second-order valence-corrected chi connectivity index (χ2v) is 11.5. The van der Waals surface area contributed by atoms with E-state index in [1.807, 2.05) is 67.5 Å². The molecule has 0 atom stereocenters. The number of hydrogen-bond acceptors (Lipinski definition) is 6. The van der Waals surface area contributed by atoms with Crippen LogP contribution in [0.5, 0.6) is 5.88 Å². The van der Waals surface area contributed by atoms with E-state index in [0.717, 1.165) is 22.0 Å². The molecule has 1 amide bonds. The molecule has 0 bridgehead atoms. The van der Waals surface area contributed by atoms with Crippen LogP contribution in [0.4, 0.5) is 11.4 Å². The van der Waals surface area contributed by atoms with Crippen LogP contribution < -0.4 is 9.62 Å². The molecular formula is C29H33N5O4S. The third-order valence-corrected chi connectivity index (χ3v) is 7.42. The molecule has 1 heterocycles. The van der Waals surface area contributed by atoms with Gasteiger partial charge < -0.3 is 20.3 Å². The Balaban J connectivity index is 1.76. The summed E-state index contributed by atoms with van der Waals surface area (Å²) in [5.41, 5.74) is 4.75. The van der Waals surface area contributed by atoms with Crippen LogP contribution in [0.2, 0.25) is 0 Å². The first-order chi connectivity index (χ1) is 18.5. The highest BCUT2D eigenvalue weighted by Gasteiger charge is 2.20. The van der Waals surface area contributed by atoms with Gasteiger partial charge in [0.15, 0.2) is 5.88 Å². The summed E-state index contributed by atoms with van der Waals surface area (Å²) >= 11 is 0. The zero-order valence-corrected chi connectivity index (χ0v) is 23.3. The number of aromatic nitrogens is 1. The monoisotopic (exact) mass is 547 g/mol. The quantitative estimate of drug-likeness (QED) is 0.259. The van der Waals surface area contributed by atoms with Gasteiger partial charge in [-0.3, -0.25) is 9.10 Å². The van der Waals surface area contributed by atoms with Gasteiger partial charge in [-0.1, -0.05) is 42.5 Å². The van der Waals surface area contributed by atoms with Gasteiger partial charge in [0, 0.05) is 43.0 Å². The van der Waals surface area contributed by atoms with Gasteiger partial charge in [0.25, 0.3) is 0 Å². The highest BCUT2D eigenvalue weighted by Crippen LogP contribution is 2.32. The predicted octanol–water partition coefficient (Wildman–Crippen LogP) is 4.01. The molecule has 0 saturated heterocycles. The molecule has 4 rings (SSSR count). The molecule has 1 aromatic heterocycles. The number of nitrogens with zero attached hydrogens (tertiary/aromatic N) is 3. The Hall–Kier alpha value is -4.15. The summed E-state index contributed by atoms with van der Waals surface area (Å²) in [6, 6.07) is 22.2.